The van der Waals surface area contributed by atoms with Crippen LogP contribution in [0, 0.1) is 11.3 Å². The van der Waals surface area contributed by atoms with E-state index in [0.717, 1.165) is 5.92 Å². The molecule has 1 aliphatic carbocycles. The molecule has 0 amide bonds. The third-order valence-electron chi connectivity index (χ3n) is 2.40. The minimum atomic E-state index is 0.496. The first-order chi connectivity index (χ1) is 4.00. The average molecular weight is 127 g/mol. The van der Waals surface area contributed by atoms with Crippen LogP contribution in [0.25, 0.3) is 0 Å². The van der Waals surface area contributed by atoms with Crippen molar-refractivity contribution in [3.05, 3.63) is 0 Å². The van der Waals surface area contributed by atoms with Crippen LogP contribution >= 0.6 is 0 Å². The molecule has 1 heteroatoms. The van der Waals surface area contributed by atoms with Crippen molar-refractivity contribution in [2.24, 2.45) is 17.1 Å². The highest BCUT2D eigenvalue weighted by atomic mass is 14.7. The van der Waals surface area contributed by atoms with Crippen LogP contribution in [0.5, 0.6) is 0 Å². The van der Waals surface area contributed by atoms with E-state index in [1.807, 2.05) is 0 Å². The molecule has 0 spiro atoms. The average Bonchev–Trinajstić information content (AvgIpc) is 1.55. The summed E-state index contributed by atoms with van der Waals surface area (Å²) in [5.41, 5.74) is 6.16. The van der Waals surface area contributed by atoms with Gasteiger partial charge in [-0.2, -0.15) is 0 Å². The lowest BCUT2D eigenvalue weighted by molar-refractivity contribution is 0.118. The van der Waals surface area contributed by atoms with Crippen LogP contribution in [0.3, 0.4) is 0 Å². The Kier molecular flexibility index (Phi) is 1.55. The Labute approximate surface area is 57.6 Å². The maximum atomic E-state index is 5.67. The highest BCUT2D eigenvalue weighted by Gasteiger charge is 2.34. The Hall–Kier alpha value is -0.0400. The molecule has 0 unspecified atom stereocenters. The monoisotopic (exact) mass is 127 g/mol. The molecule has 2 N–H and O–H groups in total. The lowest BCUT2D eigenvalue weighted by atomic mass is 9.66. The lowest BCUT2D eigenvalue weighted by Gasteiger charge is -2.41. The van der Waals surface area contributed by atoms with E-state index in [9.17, 15) is 0 Å². The molecule has 1 aliphatic rings. The van der Waals surface area contributed by atoms with Gasteiger partial charge in [0.05, 0.1) is 0 Å². The molecule has 0 aromatic heterocycles. The summed E-state index contributed by atoms with van der Waals surface area (Å²) in [7, 11) is 0. The molecule has 0 aromatic rings. The summed E-state index contributed by atoms with van der Waals surface area (Å²) in [6.45, 7) is 6.89. The third kappa shape index (κ3) is 1.45. The highest BCUT2D eigenvalue weighted by molar-refractivity contribution is 4.89. The summed E-state index contributed by atoms with van der Waals surface area (Å²) >= 11 is 0. The van der Waals surface area contributed by atoms with E-state index in [1.54, 1.807) is 0 Å². The van der Waals surface area contributed by atoms with Gasteiger partial charge in [0, 0.05) is 6.04 Å². The van der Waals surface area contributed by atoms with E-state index < -0.39 is 0 Å². The van der Waals surface area contributed by atoms with Crippen molar-refractivity contribution in [2.75, 3.05) is 0 Å². The number of hydrogen-bond acceptors (Lipinski definition) is 1. The van der Waals surface area contributed by atoms with Crippen LogP contribution < -0.4 is 5.73 Å². The van der Waals surface area contributed by atoms with Crippen molar-refractivity contribution < 1.29 is 0 Å². The van der Waals surface area contributed by atoms with E-state index in [2.05, 4.69) is 20.8 Å². The molecule has 0 radical (unpaired) electrons. The summed E-state index contributed by atoms with van der Waals surface area (Å²) in [4.78, 5) is 0. The van der Waals surface area contributed by atoms with Crippen molar-refractivity contribution in [2.45, 2.75) is 39.7 Å². The molecule has 9 heavy (non-hydrogen) atoms. The van der Waals surface area contributed by atoms with Crippen molar-refractivity contribution >= 4 is 0 Å². The standard InChI is InChI=1S/C8H17N/c1-8(2,3)6-4-7(9)5-6/h6-7H,4-5,9H2,1-3H3. The zero-order valence-corrected chi connectivity index (χ0v) is 6.65. The van der Waals surface area contributed by atoms with Gasteiger partial charge in [-0.15, -0.1) is 0 Å². The Morgan fingerprint density at radius 2 is 1.67 bits per heavy atom. The van der Waals surface area contributed by atoms with Gasteiger partial charge >= 0.3 is 0 Å². The summed E-state index contributed by atoms with van der Waals surface area (Å²) in [5.74, 6) is 0.882. The topological polar surface area (TPSA) is 26.0 Å². The Balaban J connectivity index is 2.32. The van der Waals surface area contributed by atoms with Crippen molar-refractivity contribution in [3.63, 3.8) is 0 Å². The molecule has 0 heterocycles. The van der Waals surface area contributed by atoms with E-state index in [-0.39, 0.29) is 0 Å². The van der Waals surface area contributed by atoms with E-state index in [1.165, 1.54) is 12.8 Å². The van der Waals surface area contributed by atoms with Gasteiger partial charge in [-0.05, 0) is 24.2 Å². The Morgan fingerprint density at radius 3 is 1.78 bits per heavy atom. The molecule has 1 saturated carbocycles. The van der Waals surface area contributed by atoms with Crippen LogP contribution in [0.4, 0.5) is 0 Å². The molecule has 0 atom stereocenters. The van der Waals surface area contributed by atoms with Gasteiger partial charge in [-0.1, -0.05) is 20.8 Å². The van der Waals surface area contributed by atoms with Gasteiger partial charge in [0.2, 0.25) is 0 Å². The van der Waals surface area contributed by atoms with Crippen molar-refractivity contribution in [3.8, 4) is 0 Å². The Morgan fingerprint density at radius 1 is 1.22 bits per heavy atom. The molecule has 0 saturated heterocycles. The normalized spacial score (nSPS) is 36.0. The van der Waals surface area contributed by atoms with Crippen molar-refractivity contribution in [1.29, 1.82) is 0 Å². The number of rotatable bonds is 0. The molecular weight excluding hydrogens is 110 g/mol. The molecule has 1 rings (SSSR count). The molecular formula is C8H17N. The van der Waals surface area contributed by atoms with Crippen LogP contribution in [-0.4, -0.2) is 6.04 Å². The second-order valence-corrected chi connectivity index (χ2v) is 4.29. The zero-order chi connectivity index (χ0) is 7.07. The highest BCUT2D eigenvalue weighted by Crippen LogP contribution is 2.40. The molecule has 0 aromatic carbocycles. The molecule has 0 bridgehead atoms. The predicted octanol–water partition coefficient (Wildman–Crippen LogP) is 1.77. The van der Waals surface area contributed by atoms with Crippen LogP contribution in [-0.2, 0) is 0 Å². The van der Waals surface area contributed by atoms with Gasteiger partial charge < -0.3 is 5.73 Å². The second kappa shape index (κ2) is 1.98. The largest absolute Gasteiger partial charge is 0.328 e. The van der Waals surface area contributed by atoms with Gasteiger partial charge in [0.15, 0.2) is 0 Å². The first-order valence-corrected chi connectivity index (χ1v) is 3.76. The van der Waals surface area contributed by atoms with Crippen molar-refractivity contribution in [1.82, 2.24) is 0 Å². The second-order valence-electron chi connectivity index (χ2n) is 4.29. The fourth-order valence-corrected chi connectivity index (χ4v) is 1.37. The minimum absolute atomic E-state index is 0.496. The third-order valence-corrected chi connectivity index (χ3v) is 2.40. The molecule has 54 valence electrons. The predicted molar refractivity (Wildman–Crippen MR) is 40.2 cm³/mol. The van der Waals surface area contributed by atoms with Crippen LogP contribution in [0.1, 0.15) is 33.6 Å². The van der Waals surface area contributed by atoms with Gasteiger partial charge in [0.1, 0.15) is 0 Å². The van der Waals surface area contributed by atoms with Gasteiger partial charge in [0.25, 0.3) is 0 Å². The zero-order valence-electron chi connectivity index (χ0n) is 6.65. The van der Waals surface area contributed by atoms with E-state index in [0.29, 0.717) is 11.5 Å². The summed E-state index contributed by atoms with van der Waals surface area (Å²) in [6.07, 6.45) is 2.48. The maximum absolute atomic E-state index is 5.67. The van der Waals surface area contributed by atoms with E-state index >= 15 is 0 Å². The van der Waals surface area contributed by atoms with E-state index in [4.69, 9.17) is 5.73 Å². The summed E-state index contributed by atoms with van der Waals surface area (Å²) in [5, 5.41) is 0. The van der Waals surface area contributed by atoms with Crippen LogP contribution in [0.2, 0.25) is 0 Å². The first kappa shape index (κ1) is 7.07. The number of nitrogens with two attached hydrogens (primary N) is 1. The summed E-state index contributed by atoms with van der Waals surface area (Å²) in [6, 6.07) is 0.509. The minimum Gasteiger partial charge on any atom is -0.328 e. The molecule has 1 nitrogen and oxygen atoms in total. The molecule has 1 fully saturated rings. The number of hydrogen-bond donors (Lipinski definition) is 1. The SMILES string of the molecule is CC(C)(C)C1CC(N)C1. The molecule has 0 aliphatic heterocycles. The first-order valence-electron chi connectivity index (χ1n) is 3.76. The smallest absolute Gasteiger partial charge is 0.00445 e. The fraction of sp³-hybridized carbons (Fsp3) is 1.00. The summed E-state index contributed by atoms with van der Waals surface area (Å²) < 4.78 is 0. The van der Waals surface area contributed by atoms with Gasteiger partial charge in [-0.25, -0.2) is 0 Å². The fourth-order valence-electron chi connectivity index (χ4n) is 1.37. The quantitative estimate of drug-likeness (QED) is 0.527. The Bertz CT molecular complexity index is 95.6. The van der Waals surface area contributed by atoms with Crippen LogP contribution in [0.15, 0.2) is 0 Å². The van der Waals surface area contributed by atoms with Gasteiger partial charge in [-0.3, -0.25) is 0 Å². The lowest BCUT2D eigenvalue weighted by Crippen LogP contribution is -2.42. The maximum Gasteiger partial charge on any atom is 0.00445 e.